The number of hydrogen-bond acceptors (Lipinski definition) is 2. The van der Waals surface area contributed by atoms with Crippen LogP contribution in [0, 0.1) is 0 Å². The molecular formula is C22H28N2O2. The van der Waals surface area contributed by atoms with Crippen LogP contribution in [-0.4, -0.2) is 25.4 Å². The number of carbonyl (C=O) groups is 2. The molecular weight excluding hydrogens is 324 g/mol. The van der Waals surface area contributed by atoms with E-state index in [1.54, 1.807) is 16.8 Å². The van der Waals surface area contributed by atoms with Crippen molar-refractivity contribution in [1.82, 2.24) is 0 Å². The Labute approximate surface area is 156 Å². The van der Waals surface area contributed by atoms with Crippen LogP contribution in [-0.2, 0) is 15.0 Å². The number of nitrogens with zero attached hydrogens (tertiary/aromatic N) is 2. The first-order valence-corrected chi connectivity index (χ1v) is 8.90. The molecule has 0 aliphatic heterocycles. The Morgan fingerprint density at radius 2 is 1.46 bits per heavy atom. The van der Waals surface area contributed by atoms with Crippen LogP contribution in [0.1, 0.15) is 39.7 Å². The van der Waals surface area contributed by atoms with Crippen LogP contribution in [0.15, 0.2) is 54.6 Å². The van der Waals surface area contributed by atoms with E-state index in [4.69, 9.17) is 0 Å². The molecule has 0 fully saturated rings. The van der Waals surface area contributed by atoms with E-state index in [-0.39, 0.29) is 23.7 Å². The highest BCUT2D eigenvalue weighted by atomic mass is 16.2. The molecule has 0 saturated carbocycles. The lowest BCUT2D eigenvalue weighted by Crippen LogP contribution is -2.34. The quantitative estimate of drug-likeness (QED) is 0.801. The van der Waals surface area contributed by atoms with Gasteiger partial charge in [-0.1, -0.05) is 51.1 Å². The summed E-state index contributed by atoms with van der Waals surface area (Å²) < 4.78 is 0. The van der Waals surface area contributed by atoms with Gasteiger partial charge < -0.3 is 9.80 Å². The van der Waals surface area contributed by atoms with Gasteiger partial charge in [0.05, 0.1) is 0 Å². The van der Waals surface area contributed by atoms with Crippen LogP contribution in [0.25, 0.3) is 0 Å². The first kappa shape index (κ1) is 19.7. The van der Waals surface area contributed by atoms with Crippen LogP contribution >= 0.6 is 0 Å². The molecule has 0 aliphatic rings. The third-order valence-electron chi connectivity index (χ3n) is 4.49. The van der Waals surface area contributed by atoms with Gasteiger partial charge in [0.2, 0.25) is 11.8 Å². The molecule has 0 N–H and O–H groups in total. The fourth-order valence-corrected chi connectivity index (χ4v) is 2.78. The van der Waals surface area contributed by atoms with Gasteiger partial charge in [-0.2, -0.15) is 0 Å². The van der Waals surface area contributed by atoms with E-state index in [1.165, 1.54) is 12.5 Å². The van der Waals surface area contributed by atoms with Gasteiger partial charge in [0.1, 0.15) is 0 Å². The zero-order valence-electron chi connectivity index (χ0n) is 16.3. The van der Waals surface area contributed by atoms with Crippen molar-refractivity contribution in [3.05, 3.63) is 60.2 Å². The molecule has 2 aromatic rings. The summed E-state index contributed by atoms with van der Waals surface area (Å²) in [5.41, 5.74) is 2.94. The van der Waals surface area contributed by atoms with Crippen molar-refractivity contribution < 1.29 is 9.59 Å². The third kappa shape index (κ3) is 4.94. The molecule has 4 heteroatoms. The van der Waals surface area contributed by atoms with Crippen molar-refractivity contribution in [2.75, 3.05) is 23.4 Å². The van der Waals surface area contributed by atoms with E-state index in [0.717, 1.165) is 11.4 Å². The Kier molecular flexibility index (Phi) is 6.19. The minimum absolute atomic E-state index is 0.0197. The van der Waals surface area contributed by atoms with Crippen molar-refractivity contribution in [3.8, 4) is 0 Å². The zero-order valence-corrected chi connectivity index (χ0v) is 16.3. The van der Waals surface area contributed by atoms with Gasteiger partial charge in [-0.3, -0.25) is 9.59 Å². The molecule has 0 bridgehead atoms. The smallest absolute Gasteiger partial charge is 0.228 e. The Morgan fingerprint density at radius 1 is 0.885 bits per heavy atom. The van der Waals surface area contributed by atoms with Gasteiger partial charge >= 0.3 is 0 Å². The van der Waals surface area contributed by atoms with E-state index in [9.17, 15) is 9.59 Å². The van der Waals surface area contributed by atoms with Crippen molar-refractivity contribution in [1.29, 1.82) is 0 Å². The van der Waals surface area contributed by atoms with E-state index in [1.807, 2.05) is 54.6 Å². The Balaban J connectivity index is 2.07. The van der Waals surface area contributed by atoms with Gasteiger partial charge in [-0.25, -0.2) is 0 Å². The molecule has 2 aromatic carbocycles. The molecule has 0 unspecified atom stereocenters. The Hall–Kier alpha value is -2.62. The highest BCUT2D eigenvalue weighted by Gasteiger charge is 2.18. The number of amides is 2. The summed E-state index contributed by atoms with van der Waals surface area (Å²) in [6.07, 6.45) is 0.270. The lowest BCUT2D eigenvalue weighted by Gasteiger charge is -2.25. The molecule has 0 heterocycles. The summed E-state index contributed by atoms with van der Waals surface area (Å²) in [5.74, 6) is -0.0857. The van der Waals surface area contributed by atoms with Crippen molar-refractivity contribution in [3.63, 3.8) is 0 Å². The first-order chi connectivity index (χ1) is 12.2. The number of benzene rings is 2. The fraction of sp³-hybridized carbons (Fsp3) is 0.364. The second-order valence-electron chi connectivity index (χ2n) is 7.51. The normalized spacial score (nSPS) is 11.1. The van der Waals surface area contributed by atoms with Crippen molar-refractivity contribution >= 4 is 23.2 Å². The number of rotatable bonds is 5. The molecule has 0 saturated heterocycles. The van der Waals surface area contributed by atoms with Crippen molar-refractivity contribution in [2.24, 2.45) is 0 Å². The molecule has 138 valence electrons. The van der Waals surface area contributed by atoms with Gasteiger partial charge in [-0.05, 0) is 35.2 Å². The van der Waals surface area contributed by atoms with Gasteiger partial charge in [0.15, 0.2) is 0 Å². The summed E-state index contributed by atoms with van der Waals surface area (Å²) in [6, 6.07) is 17.5. The molecule has 2 amide bonds. The SMILES string of the molecule is CC(=O)N(CCC(=O)N(C)c1ccccc1)c1ccc(C(C)(C)C)cc1. The number of hydrogen-bond donors (Lipinski definition) is 0. The van der Waals surface area contributed by atoms with Crippen LogP contribution in [0.3, 0.4) is 0 Å². The predicted molar refractivity (Wildman–Crippen MR) is 108 cm³/mol. The highest BCUT2D eigenvalue weighted by Crippen LogP contribution is 2.25. The van der Waals surface area contributed by atoms with Crippen LogP contribution in [0.5, 0.6) is 0 Å². The monoisotopic (exact) mass is 352 g/mol. The number of para-hydroxylation sites is 1. The zero-order chi connectivity index (χ0) is 19.3. The molecule has 4 nitrogen and oxygen atoms in total. The van der Waals surface area contributed by atoms with E-state index >= 15 is 0 Å². The summed E-state index contributed by atoms with van der Waals surface area (Å²) >= 11 is 0. The molecule has 0 atom stereocenters. The molecule has 2 rings (SSSR count). The third-order valence-corrected chi connectivity index (χ3v) is 4.49. The summed E-state index contributed by atoms with van der Waals surface area (Å²) in [6.45, 7) is 8.36. The highest BCUT2D eigenvalue weighted by molar-refractivity contribution is 5.95. The lowest BCUT2D eigenvalue weighted by molar-refractivity contribution is -0.118. The maximum atomic E-state index is 12.5. The molecule has 26 heavy (non-hydrogen) atoms. The maximum Gasteiger partial charge on any atom is 0.228 e. The van der Waals surface area contributed by atoms with Crippen LogP contribution in [0.2, 0.25) is 0 Å². The van der Waals surface area contributed by atoms with Crippen LogP contribution < -0.4 is 9.80 Å². The molecule has 0 spiro atoms. The van der Waals surface area contributed by atoms with E-state index < -0.39 is 0 Å². The summed E-state index contributed by atoms with van der Waals surface area (Å²) in [5, 5.41) is 0. The summed E-state index contributed by atoms with van der Waals surface area (Å²) in [7, 11) is 1.76. The van der Waals surface area contributed by atoms with Crippen molar-refractivity contribution in [2.45, 2.75) is 39.5 Å². The minimum Gasteiger partial charge on any atom is -0.315 e. The second-order valence-corrected chi connectivity index (χ2v) is 7.51. The average Bonchev–Trinajstić information content (AvgIpc) is 2.61. The minimum atomic E-state index is -0.0660. The van der Waals surface area contributed by atoms with E-state index in [2.05, 4.69) is 20.8 Å². The molecule has 0 aromatic heterocycles. The predicted octanol–water partition coefficient (Wildman–Crippen LogP) is 4.39. The first-order valence-electron chi connectivity index (χ1n) is 8.90. The second kappa shape index (κ2) is 8.17. The molecule has 0 radical (unpaired) electrons. The number of carbonyl (C=O) groups excluding carboxylic acids is 2. The fourth-order valence-electron chi connectivity index (χ4n) is 2.78. The van der Waals surface area contributed by atoms with Crippen LogP contribution in [0.4, 0.5) is 11.4 Å². The topological polar surface area (TPSA) is 40.6 Å². The summed E-state index contributed by atoms with van der Waals surface area (Å²) in [4.78, 5) is 27.8. The number of anilines is 2. The standard InChI is InChI=1S/C22H28N2O2/c1-17(25)24(20-13-11-18(12-14-20)22(2,3)4)16-15-21(26)23(5)19-9-7-6-8-10-19/h6-14H,15-16H2,1-5H3. The Morgan fingerprint density at radius 3 is 1.96 bits per heavy atom. The Bertz CT molecular complexity index is 746. The van der Waals surface area contributed by atoms with Gasteiger partial charge in [0.25, 0.3) is 0 Å². The van der Waals surface area contributed by atoms with Gasteiger partial charge in [0, 0.05) is 38.3 Å². The van der Waals surface area contributed by atoms with Gasteiger partial charge in [-0.15, -0.1) is 0 Å². The maximum absolute atomic E-state index is 12.5. The molecule has 0 aliphatic carbocycles. The average molecular weight is 352 g/mol. The largest absolute Gasteiger partial charge is 0.315 e. The lowest BCUT2D eigenvalue weighted by atomic mass is 9.87. The van der Waals surface area contributed by atoms with E-state index in [0.29, 0.717) is 6.54 Å².